The number of carbonyl (C=O) groups is 1. The van der Waals surface area contributed by atoms with Gasteiger partial charge in [0.1, 0.15) is 0 Å². The zero-order chi connectivity index (χ0) is 16.3. The molecule has 2 aliphatic heterocycles. The number of amides is 1. The van der Waals surface area contributed by atoms with Crippen LogP contribution in [0.3, 0.4) is 0 Å². The van der Waals surface area contributed by atoms with E-state index in [4.69, 9.17) is 20.9 Å². The van der Waals surface area contributed by atoms with Gasteiger partial charge in [0.15, 0.2) is 0 Å². The van der Waals surface area contributed by atoms with Crippen molar-refractivity contribution in [3.05, 3.63) is 27.8 Å². The molecule has 0 saturated carbocycles. The normalized spacial score (nSPS) is 22.5. The van der Waals surface area contributed by atoms with Crippen LogP contribution in [0.1, 0.15) is 49.2 Å². The van der Waals surface area contributed by atoms with Gasteiger partial charge in [-0.3, -0.25) is 4.79 Å². The Bertz CT molecular complexity index is 641. The van der Waals surface area contributed by atoms with Crippen molar-refractivity contribution < 1.29 is 14.1 Å². The third-order valence-corrected chi connectivity index (χ3v) is 5.58. The van der Waals surface area contributed by atoms with E-state index in [2.05, 4.69) is 5.32 Å². The average molecular weight is 322 g/mol. The van der Waals surface area contributed by atoms with Gasteiger partial charge in [-0.05, 0) is 63.7 Å². The molecular formula is C16H21BClNO3. The quantitative estimate of drug-likeness (QED) is 0.807. The number of fused-ring (bicyclic) bond motifs is 1. The summed E-state index contributed by atoms with van der Waals surface area (Å²) >= 11 is 6.51. The molecule has 22 heavy (non-hydrogen) atoms. The van der Waals surface area contributed by atoms with E-state index in [-0.39, 0.29) is 5.91 Å². The predicted molar refractivity (Wildman–Crippen MR) is 87.9 cm³/mol. The topological polar surface area (TPSA) is 47.6 Å². The molecule has 0 aromatic heterocycles. The Morgan fingerprint density at radius 1 is 1.23 bits per heavy atom. The molecule has 1 aromatic rings. The van der Waals surface area contributed by atoms with E-state index in [1.807, 2.05) is 40.7 Å². The lowest BCUT2D eigenvalue weighted by molar-refractivity contribution is 0.00578. The summed E-state index contributed by atoms with van der Waals surface area (Å²) in [5, 5.41) is 3.51. The molecule has 1 aromatic carbocycles. The summed E-state index contributed by atoms with van der Waals surface area (Å²) < 4.78 is 12.2. The van der Waals surface area contributed by atoms with Crippen LogP contribution in [0.25, 0.3) is 0 Å². The summed E-state index contributed by atoms with van der Waals surface area (Å²) in [5.74, 6) is -0.0825. The zero-order valence-electron chi connectivity index (χ0n) is 13.7. The molecule has 2 aliphatic rings. The van der Waals surface area contributed by atoms with Crippen LogP contribution in [0.4, 0.5) is 0 Å². The molecule has 3 rings (SSSR count). The van der Waals surface area contributed by atoms with Gasteiger partial charge in [-0.1, -0.05) is 11.6 Å². The second kappa shape index (κ2) is 4.98. The third-order valence-electron chi connectivity index (χ3n) is 5.06. The maximum Gasteiger partial charge on any atom is 0.495 e. The van der Waals surface area contributed by atoms with Crippen LogP contribution in [0.5, 0.6) is 0 Å². The van der Waals surface area contributed by atoms with Crippen molar-refractivity contribution in [2.75, 3.05) is 6.54 Å². The molecule has 1 saturated heterocycles. The van der Waals surface area contributed by atoms with E-state index >= 15 is 0 Å². The highest BCUT2D eigenvalue weighted by atomic mass is 35.5. The first-order valence-electron chi connectivity index (χ1n) is 7.60. The molecular weight excluding hydrogens is 300 g/mol. The molecule has 0 aliphatic carbocycles. The molecule has 0 unspecified atom stereocenters. The van der Waals surface area contributed by atoms with E-state index in [1.54, 1.807) is 0 Å². The Balaban J connectivity index is 2.08. The molecule has 6 heteroatoms. The fourth-order valence-corrected chi connectivity index (χ4v) is 3.19. The number of halogens is 1. The number of nitrogens with one attached hydrogen (secondary N) is 1. The Hall–Kier alpha value is -1.04. The number of hydrogen-bond acceptors (Lipinski definition) is 3. The first-order chi connectivity index (χ1) is 10.1. The van der Waals surface area contributed by atoms with Gasteiger partial charge < -0.3 is 14.6 Å². The number of benzene rings is 1. The van der Waals surface area contributed by atoms with Gasteiger partial charge in [0.05, 0.1) is 11.2 Å². The maximum atomic E-state index is 12.1. The van der Waals surface area contributed by atoms with Crippen molar-refractivity contribution in [3.63, 3.8) is 0 Å². The van der Waals surface area contributed by atoms with Crippen molar-refractivity contribution in [1.29, 1.82) is 0 Å². The van der Waals surface area contributed by atoms with Gasteiger partial charge >= 0.3 is 7.12 Å². The maximum absolute atomic E-state index is 12.1. The summed E-state index contributed by atoms with van der Waals surface area (Å²) in [7, 11) is -0.512. The number of carbonyl (C=O) groups excluding carboxylic acids is 1. The monoisotopic (exact) mass is 321 g/mol. The van der Waals surface area contributed by atoms with Crippen molar-refractivity contribution >= 4 is 30.1 Å². The molecule has 1 N–H and O–H groups in total. The van der Waals surface area contributed by atoms with E-state index in [9.17, 15) is 4.79 Å². The van der Waals surface area contributed by atoms with Crippen molar-refractivity contribution in [2.24, 2.45) is 0 Å². The highest BCUT2D eigenvalue weighted by Gasteiger charge is 2.52. The lowest BCUT2D eigenvalue weighted by atomic mass is 9.74. The second-order valence-electron chi connectivity index (χ2n) is 7.03. The highest BCUT2D eigenvalue weighted by molar-refractivity contribution is 6.63. The van der Waals surface area contributed by atoms with Gasteiger partial charge in [0, 0.05) is 17.1 Å². The predicted octanol–water partition coefficient (Wildman–Crippen LogP) is 2.23. The first-order valence-corrected chi connectivity index (χ1v) is 7.97. The Morgan fingerprint density at radius 2 is 1.82 bits per heavy atom. The van der Waals surface area contributed by atoms with Crippen molar-refractivity contribution in [3.8, 4) is 0 Å². The average Bonchev–Trinajstić information content (AvgIpc) is 2.63. The van der Waals surface area contributed by atoms with Gasteiger partial charge in [-0.25, -0.2) is 0 Å². The lowest BCUT2D eigenvalue weighted by Crippen LogP contribution is -2.41. The van der Waals surface area contributed by atoms with Crippen LogP contribution >= 0.6 is 11.6 Å². The zero-order valence-corrected chi connectivity index (χ0v) is 14.4. The van der Waals surface area contributed by atoms with Gasteiger partial charge in [0.25, 0.3) is 5.91 Å². The molecule has 0 radical (unpaired) electrons. The van der Waals surface area contributed by atoms with Crippen LogP contribution < -0.4 is 10.8 Å². The van der Waals surface area contributed by atoms with Crippen LogP contribution in [-0.2, 0) is 15.7 Å². The van der Waals surface area contributed by atoms with E-state index < -0.39 is 18.3 Å². The first kappa shape index (κ1) is 15.8. The largest absolute Gasteiger partial charge is 0.495 e. The summed E-state index contributed by atoms with van der Waals surface area (Å²) in [5.41, 5.74) is 2.46. The standard InChI is InChI=1S/C16H21BClNO3/c1-9-12(17-21-15(2,3)16(4,5)22-17)8-11-10(13(9)18)6-7-19-14(11)20/h8H,6-7H2,1-5H3,(H,19,20). The molecule has 0 bridgehead atoms. The molecule has 4 nitrogen and oxygen atoms in total. The smallest absolute Gasteiger partial charge is 0.399 e. The molecule has 0 spiro atoms. The molecule has 2 heterocycles. The van der Waals surface area contributed by atoms with Gasteiger partial charge in [0.2, 0.25) is 0 Å². The van der Waals surface area contributed by atoms with Crippen molar-refractivity contribution in [2.45, 2.75) is 52.2 Å². The SMILES string of the molecule is Cc1c(B2OC(C)(C)C(C)(C)O2)cc2c(c1Cl)CCNC2=O. The van der Waals surface area contributed by atoms with Crippen LogP contribution in [0.2, 0.25) is 5.02 Å². The lowest BCUT2D eigenvalue weighted by Gasteiger charge is -2.32. The summed E-state index contributed by atoms with van der Waals surface area (Å²) in [6, 6.07) is 1.87. The fraction of sp³-hybridized carbons (Fsp3) is 0.562. The second-order valence-corrected chi connectivity index (χ2v) is 7.40. The minimum atomic E-state index is -0.512. The number of rotatable bonds is 1. The van der Waals surface area contributed by atoms with Crippen LogP contribution in [0.15, 0.2) is 6.07 Å². The molecule has 118 valence electrons. The Kier molecular flexibility index (Phi) is 3.59. The van der Waals surface area contributed by atoms with E-state index in [1.165, 1.54) is 0 Å². The third kappa shape index (κ3) is 2.27. The summed E-state index contributed by atoms with van der Waals surface area (Å²) in [6.07, 6.45) is 0.754. The van der Waals surface area contributed by atoms with Crippen molar-refractivity contribution in [1.82, 2.24) is 5.32 Å². The Labute approximate surface area is 136 Å². The highest BCUT2D eigenvalue weighted by Crippen LogP contribution is 2.37. The molecule has 1 fully saturated rings. The minimum Gasteiger partial charge on any atom is -0.399 e. The summed E-state index contributed by atoms with van der Waals surface area (Å²) in [6.45, 7) is 10.6. The Morgan fingerprint density at radius 3 is 2.41 bits per heavy atom. The van der Waals surface area contributed by atoms with Crippen LogP contribution in [-0.4, -0.2) is 30.8 Å². The van der Waals surface area contributed by atoms with Gasteiger partial charge in [-0.2, -0.15) is 0 Å². The number of hydrogen-bond donors (Lipinski definition) is 1. The minimum absolute atomic E-state index is 0.0825. The van der Waals surface area contributed by atoms with Crippen LogP contribution in [0, 0.1) is 6.92 Å². The van der Waals surface area contributed by atoms with E-state index in [0.717, 1.165) is 23.0 Å². The summed E-state index contributed by atoms with van der Waals surface area (Å²) in [4.78, 5) is 12.1. The van der Waals surface area contributed by atoms with Gasteiger partial charge in [-0.15, -0.1) is 0 Å². The fourth-order valence-electron chi connectivity index (χ4n) is 2.88. The van der Waals surface area contributed by atoms with E-state index in [0.29, 0.717) is 17.1 Å². The molecule has 1 amide bonds. The molecule has 0 atom stereocenters.